The number of carbonyl (C=O) groups is 2. The van der Waals surface area contributed by atoms with Crippen molar-refractivity contribution in [3.8, 4) is 11.1 Å². The minimum absolute atomic E-state index is 0.0975. The van der Waals surface area contributed by atoms with Crippen LogP contribution in [0.2, 0.25) is 5.02 Å². The van der Waals surface area contributed by atoms with E-state index in [4.69, 9.17) is 21.5 Å². The van der Waals surface area contributed by atoms with Gasteiger partial charge in [0.05, 0.1) is 28.4 Å². The molecule has 17 heteroatoms. The number of nitrogens with zero attached hydrogens (tertiary/aromatic N) is 1. The number of imidazole rings is 1. The Bertz CT molecular complexity index is 2180. The zero-order valence-electron chi connectivity index (χ0n) is 25.0. The summed E-state index contributed by atoms with van der Waals surface area (Å²) in [5, 5.41) is 6.78. The van der Waals surface area contributed by atoms with Gasteiger partial charge in [0, 0.05) is 5.02 Å². The largest absolute Gasteiger partial charge is 0.490 e. The first kappa shape index (κ1) is 35.5. The number of rotatable bonds is 8. The predicted octanol–water partition coefficient (Wildman–Crippen LogP) is 5.67. The highest BCUT2D eigenvalue weighted by Gasteiger charge is 2.39. The van der Waals surface area contributed by atoms with Gasteiger partial charge in [0.1, 0.15) is 11.1 Å². The van der Waals surface area contributed by atoms with Gasteiger partial charge in [-0.05, 0) is 65.1 Å². The van der Waals surface area contributed by atoms with E-state index in [1.807, 2.05) is 41.1 Å². The second kappa shape index (κ2) is 14.0. The van der Waals surface area contributed by atoms with Gasteiger partial charge in [0.15, 0.2) is 0 Å². The van der Waals surface area contributed by atoms with Crippen molar-refractivity contribution in [3.63, 3.8) is 0 Å². The molecule has 4 N–H and O–H groups in total. The molecule has 0 bridgehead atoms. The first-order valence-corrected chi connectivity index (χ1v) is 17.7. The number of aromatic nitrogens is 2. The molecule has 4 aromatic carbocycles. The summed E-state index contributed by atoms with van der Waals surface area (Å²) in [4.78, 5) is 28.5. The molecule has 0 saturated carbocycles. The second-order valence-electron chi connectivity index (χ2n) is 10.9. The fourth-order valence-corrected chi connectivity index (χ4v) is 7.76. The summed E-state index contributed by atoms with van der Waals surface area (Å²) in [5.41, 5.74) is 4.45. The number of amides is 1. The number of benzene rings is 4. The van der Waals surface area contributed by atoms with E-state index >= 15 is 0 Å². The number of hydrogen-bond acceptors (Lipinski definition) is 7. The molecule has 1 saturated heterocycles. The number of carbonyl (C=O) groups excluding carboxylic acids is 1. The molecule has 1 aliphatic heterocycles. The second-order valence-corrected chi connectivity index (χ2v) is 14.9. The minimum atomic E-state index is -5.08. The number of H-pyrrole nitrogens is 1. The molecule has 6 rings (SSSR count). The number of alkyl halides is 3. The highest BCUT2D eigenvalue weighted by Crippen LogP contribution is 2.31. The number of carboxylic acids is 1. The van der Waals surface area contributed by atoms with Gasteiger partial charge >= 0.3 is 12.1 Å². The first-order valence-electron chi connectivity index (χ1n) is 14.3. The molecule has 1 amide bonds. The molecular formula is C32H26ClF3N4O7S2. The molecule has 1 aromatic heterocycles. The van der Waals surface area contributed by atoms with Gasteiger partial charge in [0.2, 0.25) is 26.0 Å². The number of aliphatic carboxylic acids is 1. The van der Waals surface area contributed by atoms with E-state index in [1.54, 1.807) is 60.7 Å². The molecule has 1 aliphatic rings. The van der Waals surface area contributed by atoms with Crippen molar-refractivity contribution in [1.29, 1.82) is 0 Å². The van der Waals surface area contributed by atoms with Gasteiger partial charge in [-0.25, -0.2) is 31.3 Å². The monoisotopic (exact) mass is 734 g/mol. The fourth-order valence-electron chi connectivity index (χ4n) is 5.01. The lowest BCUT2D eigenvalue weighted by atomic mass is 10.0. The third-order valence-corrected chi connectivity index (χ3v) is 10.9. The molecular weight excluding hydrogens is 709 g/mol. The van der Waals surface area contributed by atoms with Crippen molar-refractivity contribution in [2.75, 3.05) is 0 Å². The Morgan fingerprint density at radius 2 is 1.53 bits per heavy atom. The molecule has 0 aliphatic carbocycles. The molecule has 256 valence electrons. The van der Waals surface area contributed by atoms with E-state index < -0.39 is 49.4 Å². The SMILES string of the molecule is O=C(O)C(F)(F)F.O=C1CC(c2ccc(CC(NS(=O)(=O)c3ccc(-c4ccc(Cl)cc4)cc3)c3nc4ccccc4[nH]3)cc2)S(=O)(=O)N1. The average Bonchev–Trinajstić information content (AvgIpc) is 3.60. The number of aromatic amines is 1. The zero-order chi connectivity index (χ0) is 35.6. The van der Waals surface area contributed by atoms with Crippen LogP contribution >= 0.6 is 11.6 Å². The molecule has 5 aromatic rings. The number of para-hydroxylation sites is 2. The van der Waals surface area contributed by atoms with Gasteiger partial charge in [-0.3, -0.25) is 9.52 Å². The van der Waals surface area contributed by atoms with Gasteiger partial charge in [-0.2, -0.15) is 13.2 Å². The molecule has 2 atom stereocenters. The Balaban J connectivity index is 0.000000606. The third-order valence-electron chi connectivity index (χ3n) is 7.41. The summed E-state index contributed by atoms with van der Waals surface area (Å²) in [5.74, 6) is -2.85. The van der Waals surface area contributed by atoms with Crippen molar-refractivity contribution in [3.05, 3.63) is 119 Å². The molecule has 2 unspecified atom stereocenters. The van der Waals surface area contributed by atoms with Crippen molar-refractivity contribution in [1.82, 2.24) is 19.4 Å². The van der Waals surface area contributed by atoms with Crippen LogP contribution in [-0.2, 0) is 36.1 Å². The summed E-state index contributed by atoms with van der Waals surface area (Å²) in [6.07, 6.45) is -4.99. The standard InChI is InChI=1S/C30H25ClN4O5S2.C2HF3O2/c31-23-13-9-20(10-14-23)21-11-15-24(16-12-21)41(37,38)34-27(30-32-25-3-1-2-4-26(25)33-30)17-19-5-7-22(8-6-19)28-18-29(36)35-42(28,39)40;3-2(4,5)1(6)7/h1-16,27-28,34H,17-18H2,(H,32,33)(H,35,36);(H,6,7). The van der Waals surface area contributed by atoms with Gasteiger partial charge in [-0.1, -0.05) is 72.3 Å². The van der Waals surface area contributed by atoms with Crippen molar-refractivity contribution >= 4 is 54.6 Å². The predicted molar refractivity (Wildman–Crippen MR) is 174 cm³/mol. The van der Waals surface area contributed by atoms with Gasteiger partial charge < -0.3 is 10.1 Å². The Morgan fingerprint density at radius 1 is 0.959 bits per heavy atom. The molecule has 0 radical (unpaired) electrons. The molecule has 1 fully saturated rings. The average molecular weight is 735 g/mol. The minimum Gasteiger partial charge on any atom is -0.475 e. The van der Waals surface area contributed by atoms with E-state index in [1.165, 1.54) is 0 Å². The number of sulfonamides is 2. The summed E-state index contributed by atoms with van der Waals surface area (Å²) in [6, 6.07) is 27.3. The number of halogens is 4. The molecule has 2 heterocycles. The van der Waals surface area contributed by atoms with Crippen molar-refractivity contribution < 1.29 is 44.7 Å². The molecule has 11 nitrogen and oxygen atoms in total. The van der Waals surface area contributed by atoms with E-state index in [-0.39, 0.29) is 17.7 Å². The van der Waals surface area contributed by atoms with E-state index in [2.05, 4.69) is 14.7 Å². The lowest BCUT2D eigenvalue weighted by Crippen LogP contribution is -2.31. The smallest absolute Gasteiger partial charge is 0.475 e. The summed E-state index contributed by atoms with van der Waals surface area (Å²) in [7, 11) is -7.74. The normalized spacial score (nSPS) is 16.4. The zero-order valence-corrected chi connectivity index (χ0v) is 27.4. The lowest BCUT2D eigenvalue weighted by Gasteiger charge is -2.18. The first-order chi connectivity index (χ1) is 23.0. The maximum Gasteiger partial charge on any atom is 0.490 e. The van der Waals surface area contributed by atoms with Crippen molar-refractivity contribution in [2.24, 2.45) is 0 Å². The topological polar surface area (TPSA) is 175 Å². The van der Waals surface area contributed by atoms with Crippen LogP contribution in [0.1, 0.15) is 34.7 Å². The third kappa shape index (κ3) is 8.64. The van der Waals surface area contributed by atoms with Crippen LogP contribution in [0.15, 0.2) is 102 Å². The Morgan fingerprint density at radius 3 is 2.06 bits per heavy atom. The van der Waals surface area contributed by atoms with Gasteiger partial charge in [-0.15, -0.1) is 0 Å². The maximum atomic E-state index is 13.6. The number of fused-ring (bicyclic) bond motifs is 1. The number of nitrogens with one attached hydrogen (secondary N) is 3. The van der Waals surface area contributed by atoms with Crippen LogP contribution in [0.4, 0.5) is 13.2 Å². The summed E-state index contributed by atoms with van der Waals surface area (Å²) >= 11 is 5.99. The van der Waals surface area contributed by atoms with Crippen LogP contribution in [0.3, 0.4) is 0 Å². The number of hydrogen-bond donors (Lipinski definition) is 4. The molecule has 0 spiro atoms. The highest BCUT2D eigenvalue weighted by molar-refractivity contribution is 7.90. The Labute approximate surface area is 283 Å². The van der Waals surface area contributed by atoms with Crippen LogP contribution in [0.5, 0.6) is 0 Å². The van der Waals surface area contributed by atoms with E-state index in [0.717, 1.165) is 22.2 Å². The fraction of sp³-hybridized carbons (Fsp3) is 0.156. The number of carboxylic acid groups (broad SMARTS) is 1. The van der Waals surface area contributed by atoms with Crippen LogP contribution in [0, 0.1) is 0 Å². The van der Waals surface area contributed by atoms with E-state index in [9.17, 15) is 34.8 Å². The van der Waals surface area contributed by atoms with Crippen LogP contribution in [-0.4, -0.2) is 50.0 Å². The molecule has 49 heavy (non-hydrogen) atoms. The van der Waals surface area contributed by atoms with Gasteiger partial charge in [0.25, 0.3) is 0 Å². The Hall–Kier alpha value is -4.77. The highest BCUT2D eigenvalue weighted by atomic mass is 35.5. The summed E-state index contributed by atoms with van der Waals surface area (Å²) in [6.45, 7) is 0. The summed E-state index contributed by atoms with van der Waals surface area (Å²) < 4.78 is 88.3. The van der Waals surface area contributed by atoms with Crippen LogP contribution in [0.25, 0.3) is 22.2 Å². The van der Waals surface area contributed by atoms with Crippen LogP contribution < -0.4 is 9.44 Å². The van der Waals surface area contributed by atoms with E-state index in [0.29, 0.717) is 21.9 Å². The lowest BCUT2D eigenvalue weighted by molar-refractivity contribution is -0.192. The quantitative estimate of drug-likeness (QED) is 0.158. The van der Waals surface area contributed by atoms with Crippen molar-refractivity contribution in [2.45, 2.75) is 35.2 Å². The Kier molecular flexibility index (Phi) is 10.1. The maximum absolute atomic E-state index is 13.6.